The summed E-state index contributed by atoms with van der Waals surface area (Å²) in [6.45, 7) is 3.06. The van der Waals surface area contributed by atoms with Gasteiger partial charge in [0, 0.05) is 5.56 Å². The van der Waals surface area contributed by atoms with Crippen molar-refractivity contribution in [3.63, 3.8) is 0 Å². The second kappa shape index (κ2) is 7.95. The molecule has 0 unspecified atom stereocenters. The minimum atomic E-state index is -0.498. The lowest BCUT2D eigenvalue weighted by molar-refractivity contribution is -0.698. The average molecular weight is 322 g/mol. The Morgan fingerprint density at radius 2 is 1.62 bits per heavy atom. The van der Waals surface area contributed by atoms with Gasteiger partial charge in [0.15, 0.2) is 0 Å². The van der Waals surface area contributed by atoms with Crippen LogP contribution in [-0.4, -0.2) is 24.4 Å². The summed E-state index contributed by atoms with van der Waals surface area (Å²) in [6, 6.07) is 24.8. The van der Waals surface area contributed by atoms with Crippen LogP contribution in [0.1, 0.15) is 18.5 Å². The Labute approximate surface area is 142 Å². The molecule has 0 spiro atoms. The molecule has 0 aliphatic rings. The maximum atomic E-state index is 10.2. The minimum absolute atomic E-state index is 0.302. The van der Waals surface area contributed by atoms with Crippen LogP contribution in [0.25, 0.3) is 10.8 Å². The number of ether oxygens (including phenoxy) is 1. The van der Waals surface area contributed by atoms with E-state index < -0.39 is 6.10 Å². The van der Waals surface area contributed by atoms with Crippen molar-refractivity contribution in [3.8, 4) is 5.75 Å². The van der Waals surface area contributed by atoms with Gasteiger partial charge in [-0.2, -0.15) is 0 Å². The van der Waals surface area contributed by atoms with E-state index in [0.29, 0.717) is 19.2 Å². The Hall–Kier alpha value is -2.36. The summed E-state index contributed by atoms with van der Waals surface area (Å²) in [7, 11) is 0. The molecule has 0 saturated heterocycles. The molecule has 0 aromatic heterocycles. The largest absolute Gasteiger partial charge is 0.491 e. The van der Waals surface area contributed by atoms with Gasteiger partial charge in [0.2, 0.25) is 0 Å². The second-order valence-electron chi connectivity index (χ2n) is 6.14. The van der Waals surface area contributed by atoms with Gasteiger partial charge >= 0.3 is 0 Å². The third-order valence-electron chi connectivity index (χ3n) is 4.25. The zero-order valence-corrected chi connectivity index (χ0v) is 13.9. The molecule has 0 fully saturated rings. The van der Waals surface area contributed by atoms with Crippen LogP contribution >= 0.6 is 0 Å². The van der Waals surface area contributed by atoms with E-state index in [-0.39, 0.29) is 0 Å². The van der Waals surface area contributed by atoms with Crippen molar-refractivity contribution >= 4 is 10.8 Å². The van der Waals surface area contributed by atoms with E-state index in [1.54, 1.807) is 0 Å². The summed E-state index contributed by atoms with van der Waals surface area (Å²) >= 11 is 0. The highest BCUT2D eigenvalue weighted by atomic mass is 16.5. The zero-order chi connectivity index (χ0) is 16.8. The molecule has 0 bridgehead atoms. The molecule has 0 aliphatic carbocycles. The Balaban J connectivity index is 1.48. The lowest BCUT2D eigenvalue weighted by Gasteiger charge is -2.15. The molecule has 0 heterocycles. The molecule has 124 valence electrons. The molecule has 3 aromatic carbocycles. The van der Waals surface area contributed by atoms with E-state index in [0.717, 1.165) is 11.1 Å². The van der Waals surface area contributed by atoms with Crippen molar-refractivity contribution in [1.82, 2.24) is 0 Å². The highest BCUT2D eigenvalue weighted by Crippen LogP contribution is 2.20. The van der Waals surface area contributed by atoms with E-state index >= 15 is 0 Å². The first-order chi connectivity index (χ1) is 11.7. The summed E-state index contributed by atoms with van der Waals surface area (Å²) in [5.41, 5.74) is 1.26. The van der Waals surface area contributed by atoms with Gasteiger partial charge in [0.25, 0.3) is 0 Å². The highest BCUT2D eigenvalue weighted by molar-refractivity contribution is 5.83. The summed E-state index contributed by atoms with van der Waals surface area (Å²) < 4.78 is 5.74. The molecule has 0 aliphatic heterocycles. The van der Waals surface area contributed by atoms with Crippen molar-refractivity contribution in [2.75, 3.05) is 13.2 Å². The van der Waals surface area contributed by atoms with E-state index in [1.807, 2.05) is 48.5 Å². The predicted molar refractivity (Wildman–Crippen MR) is 97.1 cm³/mol. The van der Waals surface area contributed by atoms with Gasteiger partial charge < -0.3 is 15.2 Å². The van der Waals surface area contributed by atoms with Gasteiger partial charge in [0.05, 0.1) is 0 Å². The highest BCUT2D eigenvalue weighted by Gasteiger charge is 2.12. The van der Waals surface area contributed by atoms with Gasteiger partial charge in [-0.05, 0) is 29.8 Å². The molecule has 3 rings (SSSR count). The fourth-order valence-electron chi connectivity index (χ4n) is 2.77. The van der Waals surface area contributed by atoms with Gasteiger partial charge in [0.1, 0.15) is 31.0 Å². The number of aliphatic hydroxyl groups is 1. The molecular weight excluding hydrogens is 298 g/mol. The smallest absolute Gasteiger partial charge is 0.137 e. The molecule has 3 heteroatoms. The van der Waals surface area contributed by atoms with Crippen molar-refractivity contribution in [3.05, 3.63) is 78.4 Å². The Bertz CT molecular complexity index is 773. The van der Waals surface area contributed by atoms with Gasteiger partial charge in [-0.15, -0.1) is 0 Å². The van der Waals surface area contributed by atoms with Crippen LogP contribution in [-0.2, 0) is 0 Å². The molecule has 0 saturated carbocycles. The molecule has 2 atom stereocenters. The van der Waals surface area contributed by atoms with Crippen LogP contribution in [0.4, 0.5) is 0 Å². The number of rotatable bonds is 7. The summed E-state index contributed by atoms with van der Waals surface area (Å²) in [5, 5.41) is 14.6. The molecule has 0 radical (unpaired) electrons. The van der Waals surface area contributed by atoms with Crippen molar-refractivity contribution in [1.29, 1.82) is 0 Å². The fourth-order valence-corrected chi connectivity index (χ4v) is 2.77. The van der Waals surface area contributed by atoms with Gasteiger partial charge in [-0.25, -0.2) is 0 Å². The number of nitrogens with two attached hydrogens (primary N) is 1. The Kier molecular flexibility index (Phi) is 5.47. The number of hydrogen-bond acceptors (Lipinski definition) is 2. The molecule has 3 N–H and O–H groups in total. The van der Waals surface area contributed by atoms with Crippen LogP contribution in [0.15, 0.2) is 72.8 Å². The summed E-state index contributed by atoms with van der Waals surface area (Å²) in [6.07, 6.45) is -0.498. The molecule has 0 amide bonds. The first kappa shape index (κ1) is 16.5. The SMILES string of the molecule is C[C@@H]([NH2+]C[C@@H](O)COc1ccc2ccccc2c1)c1ccccc1. The number of quaternary nitrogens is 1. The maximum absolute atomic E-state index is 10.2. The normalized spacial score (nSPS) is 13.6. The predicted octanol–water partition coefficient (Wildman–Crippen LogP) is 2.90. The van der Waals surface area contributed by atoms with Gasteiger partial charge in [-0.3, -0.25) is 0 Å². The van der Waals surface area contributed by atoms with E-state index in [9.17, 15) is 5.11 Å². The van der Waals surface area contributed by atoms with Crippen molar-refractivity contribution in [2.24, 2.45) is 0 Å². The Morgan fingerprint density at radius 3 is 2.42 bits per heavy atom. The monoisotopic (exact) mass is 322 g/mol. The van der Waals surface area contributed by atoms with E-state index in [1.165, 1.54) is 10.9 Å². The third kappa shape index (κ3) is 4.34. The summed E-state index contributed by atoms with van der Waals surface area (Å²) in [5.74, 6) is 0.795. The van der Waals surface area contributed by atoms with Crippen LogP contribution in [0.2, 0.25) is 0 Å². The number of aliphatic hydroxyl groups excluding tert-OH is 1. The fraction of sp³-hybridized carbons (Fsp3) is 0.238. The third-order valence-corrected chi connectivity index (χ3v) is 4.25. The molecule has 24 heavy (non-hydrogen) atoms. The van der Waals surface area contributed by atoms with Gasteiger partial charge in [-0.1, -0.05) is 60.7 Å². The van der Waals surface area contributed by atoms with Crippen LogP contribution in [0.5, 0.6) is 5.75 Å². The lowest BCUT2D eigenvalue weighted by Crippen LogP contribution is -2.87. The lowest BCUT2D eigenvalue weighted by atomic mass is 10.1. The molecule has 3 nitrogen and oxygen atoms in total. The average Bonchev–Trinajstić information content (AvgIpc) is 2.65. The number of fused-ring (bicyclic) bond motifs is 1. The minimum Gasteiger partial charge on any atom is -0.491 e. The Morgan fingerprint density at radius 1 is 0.917 bits per heavy atom. The molecular formula is C21H24NO2+. The van der Waals surface area contributed by atoms with Crippen LogP contribution in [0, 0.1) is 0 Å². The van der Waals surface area contributed by atoms with E-state index in [4.69, 9.17) is 4.74 Å². The molecule has 3 aromatic rings. The van der Waals surface area contributed by atoms with Crippen molar-refractivity contribution in [2.45, 2.75) is 19.1 Å². The van der Waals surface area contributed by atoms with Crippen LogP contribution in [0.3, 0.4) is 0 Å². The van der Waals surface area contributed by atoms with Crippen molar-refractivity contribution < 1.29 is 15.2 Å². The van der Waals surface area contributed by atoms with E-state index in [2.05, 4.69) is 36.5 Å². The summed E-state index contributed by atoms with van der Waals surface area (Å²) in [4.78, 5) is 0. The maximum Gasteiger partial charge on any atom is 0.137 e. The number of benzene rings is 3. The standard InChI is InChI=1S/C21H23NO2/c1-16(17-7-3-2-4-8-17)22-14-20(23)15-24-21-12-11-18-9-5-6-10-19(18)13-21/h2-13,16,20,22-23H,14-15H2,1H3/p+1/t16-,20-/m1/s1. The van der Waals surface area contributed by atoms with Crippen LogP contribution < -0.4 is 10.1 Å². The first-order valence-corrected chi connectivity index (χ1v) is 8.40. The second-order valence-corrected chi connectivity index (χ2v) is 6.14. The number of hydrogen-bond donors (Lipinski definition) is 2. The first-order valence-electron chi connectivity index (χ1n) is 8.40. The quantitative estimate of drug-likeness (QED) is 0.702. The zero-order valence-electron chi connectivity index (χ0n) is 13.9. The topological polar surface area (TPSA) is 46.1 Å².